The van der Waals surface area contributed by atoms with Gasteiger partial charge in [-0.1, -0.05) is 57.9 Å². The quantitative estimate of drug-likeness (QED) is 0.107. The number of nitrogen functional groups attached to an aromatic ring is 2. The van der Waals surface area contributed by atoms with Crippen molar-refractivity contribution >= 4 is 34.9 Å². The zero-order valence-electron chi connectivity index (χ0n) is 25.8. The molecule has 10 heteroatoms. The molecule has 1 aliphatic rings. The smallest absolute Gasteiger partial charge is 0.243 e. The summed E-state index contributed by atoms with van der Waals surface area (Å²) < 4.78 is 5.37. The maximum Gasteiger partial charge on any atom is 0.243 e. The largest absolute Gasteiger partial charge is 0.399 e. The topological polar surface area (TPSA) is 169 Å². The molecule has 3 rings (SSSR count). The maximum absolute atomic E-state index is 13.8. The Hall–Kier alpha value is -3.92. The molecule has 2 aromatic carbocycles. The molecule has 1 heterocycles. The van der Waals surface area contributed by atoms with Crippen LogP contribution in [0.5, 0.6) is 0 Å². The molecule has 3 amide bonds. The van der Waals surface area contributed by atoms with Gasteiger partial charge in [0.15, 0.2) is 5.78 Å². The number of ketones is 1. The van der Waals surface area contributed by atoms with Crippen LogP contribution in [-0.2, 0) is 36.8 Å². The van der Waals surface area contributed by atoms with Crippen molar-refractivity contribution in [2.24, 2.45) is 5.92 Å². The lowest BCUT2D eigenvalue weighted by atomic mass is 9.93. The van der Waals surface area contributed by atoms with Gasteiger partial charge in [-0.05, 0) is 61.1 Å². The Bertz CT molecular complexity index is 1240. The minimum Gasteiger partial charge on any atom is -0.399 e. The molecule has 2 aromatic rings. The van der Waals surface area contributed by atoms with E-state index in [0.29, 0.717) is 37.2 Å². The number of anilines is 2. The van der Waals surface area contributed by atoms with Crippen LogP contribution in [0.25, 0.3) is 0 Å². The third-order valence-corrected chi connectivity index (χ3v) is 7.57. The van der Waals surface area contributed by atoms with Crippen LogP contribution in [-0.4, -0.2) is 53.8 Å². The molecular formula is C33H47N5O5. The summed E-state index contributed by atoms with van der Waals surface area (Å²) in [4.78, 5) is 53.5. The van der Waals surface area contributed by atoms with Gasteiger partial charge in [-0.25, -0.2) is 0 Å². The third kappa shape index (κ3) is 10.7. The molecule has 1 fully saturated rings. The first-order chi connectivity index (χ1) is 20.4. The summed E-state index contributed by atoms with van der Waals surface area (Å²) in [7, 11) is 0. The van der Waals surface area contributed by atoms with Crippen molar-refractivity contribution in [3.63, 3.8) is 0 Å². The van der Waals surface area contributed by atoms with E-state index >= 15 is 0 Å². The molecule has 0 saturated carbocycles. The lowest BCUT2D eigenvalue weighted by Gasteiger charge is -2.27. The zero-order chi connectivity index (χ0) is 31.6. The van der Waals surface area contributed by atoms with E-state index in [9.17, 15) is 19.2 Å². The number of carbonyl (C=O) groups excluding carboxylic acids is 4. The van der Waals surface area contributed by atoms with Crippen molar-refractivity contribution in [2.75, 3.05) is 18.1 Å². The van der Waals surface area contributed by atoms with E-state index in [0.717, 1.165) is 24.0 Å². The van der Waals surface area contributed by atoms with Gasteiger partial charge in [-0.15, -0.1) is 0 Å². The third-order valence-electron chi connectivity index (χ3n) is 7.57. The highest BCUT2D eigenvalue weighted by atomic mass is 16.6. The van der Waals surface area contributed by atoms with Crippen molar-refractivity contribution in [1.82, 2.24) is 16.0 Å². The van der Waals surface area contributed by atoms with Gasteiger partial charge in [-0.2, -0.15) is 0 Å². The van der Waals surface area contributed by atoms with Crippen LogP contribution < -0.4 is 27.4 Å². The zero-order valence-corrected chi connectivity index (χ0v) is 25.8. The fourth-order valence-corrected chi connectivity index (χ4v) is 4.87. The number of unbranched alkanes of at least 4 members (excludes halogenated alkanes) is 2. The predicted molar refractivity (Wildman–Crippen MR) is 168 cm³/mol. The van der Waals surface area contributed by atoms with E-state index in [1.807, 2.05) is 13.8 Å². The lowest BCUT2D eigenvalue weighted by Crippen LogP contribution is -2.57. The van der Waals surface area contributed by atoms with Gasteiger partial charge >= 0.3 is 0 Å². The second-order valence-electron chi connectivity index (χ2n) is 12.1. The molecule has 234 valence electrons. The number of amides is 3. The summed E-state index contributed by atoms with van der Waals surface area (Å²) in [6.45, 7) is 8.03. The first-order valence-electron chi connectivity index (χ1n) is 15.2. The van der Waals surface area contributed by atoms with Gasteiger partial charge in [0, 0.05) is 30.6 Å². The van der Waals surface area contributed by atoms with Crippen LogP contribution in [0.4, 0.5) is 11.4 Å². The summed E-state index contributed by atoms with van der Waals surface area (Å²) >= 11 is 0. The van der Waals surface area contributed by atoms with E-state index in [1.165, 1.54) is 0 Å². The molecule has 4 atom stereocenters. The Kier molecular flexibility index (Phi) is 12.1. The number of rotatable bonds is 17. The minimum absolute atomic E-state index is 0.133. The van der Waals surface area contributed by atoms with E-state index in [4.69, 9.17) is 16.2 Å². The van der Waals surface area contributed by atoms with Gasteiger partial charge in [0.05, 0.1) is 12.6 Å². The average Bonchev–Trinajstić information content (AvgIpc) is 3.72. The highest BCUT2D eigenvalue weighted by Gasteiger charge is 2.50. The summed E-state index contributed by atoms with van der Waals surface area (Å²) in [5, 5.41) is 8.63. The van der Waals surface area contributed by atoms with Crippen LogP contribution in [0.15, 0.2) is 48.5 Å². The molecular weight excluding hydrogens is 546 g/mol. The van der Waals surface area contributed by atoms with E-state index in [2.05, 4.69) is 22.9 Å². The summed E-state index contributed by atoms with van der Waals surface area (Å²) in [6, 6.07) is 11.4. The number of Topliss-reactive ketones (excluding diaryl/α,β-unsaturated/α-hetero) is 1. The molecule has 0 radical (unpaired) electrons. The Morgan fingerprint density at radius 1 is 0.791 bits per heavy atom. The molecule has 1 saturated heterocycles. The molecule has 1 aliphatic heterocycles. The summed E-state index contributed by atoms with van der Waals surface area (Å²) in [5.41, 5.74) is 13.5. The molecule has 0 aliphatic carbocycles. The number of nitrogens with one attached hydrogen (secondary N) is 3. The van der Waals surface area contributed by atoms with Gasteiger partial charge in [0.25, 0.3) is 0 Å². The number of epoxide rings is 1. The Labute approximate surface area is 254 Å². The fraction of sp³-hybridized carbons (Fsp3) is 0.515. The van der Waals surface area contributed by atoms with E-state index < -0.39 is 35.5 Å². The lowest BCUT2D eigenvalue weighted by molar-refractivity contribution is -0.134. The fourth-order valence-electron chi connectivity index (χ4n) is 4.87. The Morgan fingerprint density at radius 2 is 1.26 bits per heavy atom. The normalized spacial score (nSPS) is 17.9. The standard InChI is InChI=1S/C33H47N5O5/c1-5-6-7-8-29(39)36-27(18-22-9-13-24(34)14-10-22)31(41)38-28(19-23-11-15-25(35)16-12-23)32(42)37-26(17-21(2)3)30(40)33(4)20-43-33/h9-16,21,26-28H,5-8,17-20,34-35H2,1-4H3,(H,36,39)(H,37,42)(H,38,41)/t26-,27+,28-,33+/m0/s1. The van der Waals surface area contributed by atoms with E-state index in [-0.39, 0.29) is 30.4 Å². The Morgan fingerprint density at radius 3 is 1.70 bits per heavy atom. The molecule has 10 nitrogen and oxygen atoms in total. The average molecular weight is 594 g/mol. The summed E-state index contributed by atoms with van der Waals surface area (Å²) in [6.07, 6.45) is 3.70. The van der Waals surface area contributed by atoms with Crippen molar-refractivity contribution in [1.29, 1.82) is 0 Å². The number of ether oxygens (including phenoxy) is 1. The second-order valence-corrected chi connectivity index (χ2v) is 12.1. The first-order valence-corrected chi connectivity index (χ1v) is 15.2. The number of carbonyl (C=O) groups is 4. The molecule has 0 bridgehead atoms. The van der Waals surface area contributed by atoms with Crippen LogP contribution in [0.1, 0.15) is 70.9 Å². The first kappa shape index (κ1) is 33.6. The second kappa shape index (κ2) is 15.5. The number of hydrogen-bond acceptors (Lipinski definition) is 7. The van der Waals surface area contributed by atoms with Gasteiger partial charge in [0.1, 0.15) is 17.7 Å². The van der Waals surface area contributed by atoms with Gasteiger partial charge < -0.3 is 32.2 Å². The number of hydrogen-bond donors (Lipinski definition) is 5. The monoisotopic (exact) mass is 593 g/mol. The van der Waals surface area contributed by atoms with Crippen molar-refractivity contribution < 1.29 is 23.9 Å². The maximum atomic E-state index is 13.8. The van der Waals surface area contributed by atoms with Gasteiger partial charge in [-0.3, -0.25) is 19.2 Å². The summed E-state index contributed by atoms with van der Waals surface area (Å²) in [5.74, 6) is -1.28. The SMILES string of the molecule is CCCCCC(=O)N[C@H](Cc1ccc(N)cc1)C(=O)N[C@@H](Cc1ccc(N)cc1)C(=O)N[C@@H](CC(C)C)C(=O)[C@@]1(C)CO1. The minimum atomic E-state index is -1.02. The molecule has 0 unspecified atom stereocenters. The van der Waals surface area contributed by atoms with Gasteiger partial charge in [0.2, 0.25) is 17.7 Å². The molecule has 7 N–H and O–H groups in total. The Balaban J connectivity index is 1.84. The number of nitrogens with two attached hydrogens (primary N) is 2. The highest BCUT2D eigenvalue weighted by Crippen LogP contribution is 2.29. The number of benzene rings is 2. The molecule has 43 heavy (non-hydrogen) atoms. The predicted octanol–water partition coefficient (Wildman–Crippen LogP) is 3.08. The van der Waals surface area contributed by atoms with Crippen molar-refractivity contribution in [3.05, 3.63) is 59.7 Å². The molecule has 0 spiro atoms. The van der Waals surface area contributed by atoms with Crippen molar-refractivity contribution in [3.8, 4) is 0 Å². The van der Waals surface area contributed by atoms with Crippen molar-refractivity contribution in [2.45, 2.75) is 96.4 Å². The van der Waals surface area contributed by atoms with Crippen LogP contribution in [0.3, 0.4) is 0 Å². The molecule has 0 aromatic heterocycles. The van der Waals surface area contributed by atoms with E-state index in [1.54, 1.807) is 55.5 Å². The highest BCUT2D eigenvalue weighted by molar-refractivity contribution is 5.98. The van der Waals surface area contributed by atoms with Crippen LogP contribution in [0, 0.1) is 5.92 Å². The van der Waals surface area contributed by atoms with Crippen LogP contribution in [0.2, 0.25) is 0 Å². The van der Waals surface area contributed by atoms with Crippen LogP contribution >= 0.6 is 0 Å².